The van der Waals surface area contributed by atoms with Gasteiger partial charge in [0.1, 0.15) is 17.4 Å². The van der Waals surface area contributed by atoms with Crippen molar-refractivity contribution >= 4 is 11.5 Å². The Labute approximate surface area is 224 Å². The number of carbonyl (C=O) groups is 1. The number of rotatable bonds is 7. The smallest absolute Gasteiger partial charge is 0.181 e. The fourth-order valence-corrected chi connectivity index (χ4v) is 5.43. The number of carbonyl (C=O) groups excluding carboxylic acids is 1. The summed E-state index contributed by atoms with van der Waals surface area (Å²) in [5, 5.41) is 11.3. The summed E-state index contributed by atoms with van der Waals surface area (Å²) < 4.78 is 33.5. The lowest BCUT2D eigenvalue weighted by atomic mass is 9.86. The minimum Gasteiger partial charge on any atom is -0.492 e. The van der Waals surface area contributed by atoms with Crippen LogP contribution in [-0.2, 0) is 5.54 Å². The Kier molecular flexibility index (Phi) is 6.56. The monoisotopic (exact) mass is 530 g/mol. The molecule has 2 aliphatic heterocycles. The highest BCUT2D eigenvalue weighted by Crippen LogP contribution is 2.39. The van der Waals surface area contributed by atoms with Crippen molar-refractivity contribution in [3.63, 3.8) is 0 Å². The molecule has 0 radical (unpaired) electrons. The summed E-state index contributed by atoms with van der Waals surface area (Å²) in [7, 11) is 2.09. The van der Waals surface area contributed by atoms with Gasteiger partial charge in [0.05, 0.1) is 12.1 Å². The number of aromatic nitrogens is 4. The van der Waals surface area contributed by atoms with Crippen LogP contribution in [0.3, 0.4) is 0 Å². The highest BCUT2D eigenvalue weighted by molar-refractivity contribution is 5.97. The number of ketones is 1. The minimum absolute atomic E-state index is 0.0618. The maximum absolute atomic E-state index is 14.5. The Morgan fingerprint density at radius 2 is 1.95 bits per heavy atom. The van der Waals surface area contributed by atoms with Crippen LogP contribution in [0.15, 0.2) is 60.9 Å². The molecule has 10 heteroatoms. The van der Waals surface area contributed by atoms with Crippen LogP contribution in [0, 0.1) is 11.6 Å². The number of Topliss-reactive ketones (excluding diaryl/α,β-unsaturated/α-hetero) is 1. The van der Waals surface area contributed by atoms with Gasteiger partial charge >= 0.3 is 0 Å². The number of pyridine rings is 1. The first-order valence-corrected chi connectivity index (χ1v) is 13.0. The van der Waals surface area contributed by atoms with Gasteiger partial charge in [0, 0.05) is 72.3 Å². The van der Waals surface area contributed by atoms with E-state index in [1.807, 2.05) is 30.3 Å². The number of piperidine rings is 1. The Hall–Kier alpha value is -4.18. The number of hydrogen-bond acceptors (Lipinski definition) is 7. The summed E-state index contributed by atoms with van der Waals surface area (Å²) in [6.45, 7) is 1.87. The molecule has 2 aromatic carbocycles. The Balaban J connectivity index is 1.24. The number of aromatic amines is 1. The van der Waals surface area contributed by atoms with Crippen LogP contribution in [0.4, 0.5) is 14.5 Å². The zero-order valence-electron chi connectivity index (χ0n) is 21.5. The van der Waals surface area contributed by atoms with Gasteiger partial charge in [-0.05, 0) is 44.2 Å². The number of halogens is 2. The van der Waals surface area contributed by atoms with Gasteiger partial charge < -0.3 is 15.0 Å². The van der Waals surface area contributed by atoms with Gasteiger partial charge in [0.2, 0.25) is 0 Å². The molecule has 4 heterocycles. The molecule has 39 heavy (non-hydrogen) atoms. The third-order valence-corrected chi connectivity index (χ3v) is 7.62. The molecule has 8 nitrogen and oxygen atoms in total. The standard InChI is InChI=1S/C29H28F2N6O2/c1-37-11-7-29(8-12-37,28-33-27(35-36-28)18-5-9-32-10-6-18)34-22-4-2-3-19(13-22)24(38)14-20-17-39-25-16-21(30)15-23(31)26(20)25/h2-6,9-10,13,15-16,20,34H,7-8,11-12,14,17H2,1H3,(H,33,35,36)/t20-/m0/s1. The molecule has 0 amide bonds. The number of benzene rings is 2. The number of H-pyrrole nitrogens is 1. The van der Waals surface area contributed by atoms with Crippen molar-refractivity contribution in [1.82, 2.24) is 25.1 Å². The second-order valence-electron chi connectivity index (χ2n) is 10.3. The van der Waals surface area contributed by atoms with E-state index in [1.165, 1.54) is 0 Å². The molecule has 1 fully saturated rings. The molecule has 1 saturated heterocycles. The van der Waals surface area contributed by atoms with E-state index in [2.05, 4.69) is 32.4 Å². The van der Waals surface area contributed by atoms with Crippen molar-refractivity contribution in [2.45, 2.75) is 30.7 Å². The average molecular weight is 531 g/mol. The van der Waals surface area contributed by atoms with E-state index < -0.39 is 23.1 Å². The summed E-state index contributed by atoms with van der Waals surface area (Å²) in [5.41, 5.74) is 1.93. The number of hydrogen-bond donors (Lipinski definition) is 2. The molecule has 2 aliphatic rings. The normalized spacial score (nSPS) is 18.4. The number of nitrogens with zero attached hydrogens (tertiary/aromatic N) is 4. The van der Waals surface area contributed by atoms with Gasteiger partial charge in [-0.15, -0.1) is 0 Å². The number of likely N-dealkylation sites (tertiary alicyclic amines) is 1. The first kappa shape index (κ1) is 25.1. The molecule has 0 unspecified atom stereocenters. The van der Waals surface area contributed by atoms with Crippen molar-refractivity contribution in [2.75, 3.05) is 32.1 Å². The van der Waals surface area contributed by atoms with Gasteiger partial charge in [-0.25, -0.2) is 13.8 Å². The van der Waals surface area contributed by atoms with Gasteiger partial charge in [0.15, 0.2) is 17.4 Å². The molecule has 0 aliphatic carbocycles. The molecular formula is C29H28F2N6O2. The van der Waals surface area contributed by atoms with E-state index >= 15 is 0 Å². The maximum Gasteiger partial charge on any atom is 0.181 e. The van der Waals surface area contributed by atoms with Gasteiger partial charge in [-0.3, -0.25) is 14.9 Å². The summed E-state index contributed by atoms with van der Waals surface area (Å²) in [6, 6.07) is 13.1. The first-order valence-electron chi connectivity index (χ1n) is 13.0. The van der Waals surface area contributed by atoms with Crippen LogP contribution in [0.5, 0.6) is 5.75 Å². The van der Waals surface area contributed by atoms with Gasteiger partial charge in [0.25, 0.3) is 0 Å². The molecule has 0 spiro atoms. The zero-order chi connectivity index (χ0) is 27.0. The molecule has 200 valence electrons. The second kappa shape index (κ2) is 10.2. The highest BCUT2D eigenvalue weighted by atomic mass is 19.1. The van der Waals surface area contributed by atoms with E-state index in [1.54, 1.807) is 18.5 Å². The largest absolute Gasteiger partial charge is 0.492 e. The van der Waals surface area contributed by atoms with Crippen molar-refractivity contribution in [3.05, 3.63) is 89.5 Å². The first-order chi connectivity index (χ1) is 18.9. The second-order valence-corrected chi connectivity index (χ2v) is 10.3. The van der Waals surface area contributed by atoms with E-state index in [-0.39, 0.29) is 30.1 Å². The van der Waals surface area contributed by atoms with Crippen molar-refractivity contribution in [3.8, 4) is 17.1 Å². The maximum atomic E-state index is 14.5. The predicted molar refractivity (Wildman–Crippen MR) is 142 cm³/mol. The van der Waals surface area contributed by atoms with E-state index in [0.29, 0.717) is 11.4 Å². The third kappa shape index (κ3) is 4.99. The quantitative estimate of drug-likeness (QED) is 0.327. The fraction of sp³-hybridized carbons (Fsp3) is 0.310. The SMILES string of the molecule is CN1CCC(Nc2cccc(C(=O)C[C@H]3COc4cc(F)cc(F)c43)c2)(c2nc(-c3ccncc3)n[nH]2)CC1. The van der Waals surface area contributed by atoms with Crippen molar-refractivity contribution < 1.29 is 18.3 Å². The zero-order valence-corrected chi connectivity index (χ0v) is 21.5. The Bertz CT molecular complexity index is 1500. The molecular weight excluding hydrogens is 502 g/mol. The van der Waals surface area contributed by atoms with E-state index in [4.69, 9.17) is 9.72 Å². The average Bonchev–Trinajstić information content (AvgIpc) is 3.59. The Morgan fingerprint density at radius 3 is 2.74 bits per heavy atom. The van der Waals surface area contributed by atoms with Crippen molar-refractivity contribution in [2.24, 2.45) is 0 Å². The molecule has 2 N–H and O–H groups in total. The van der Waals surface area contributed by atoms with Gasteiger partial charge in [-0.2, -0.15) is 5.10 Å². The summed E-state index contributed by atoms with van der Waals surface area (Å²) in [5.74, 6) is -0.475. The molecule has 0 saturated carbocycles. The lowest BCUT2D eigenvalue weighted by Gasteiger charge is -2.40. The molecule has 6 rings (SSSR count). The molecule has 0 bridgehead atoms. The lowest BCUT2D eigenvalue weighted by Crippen LogP contribution is -2.46. The van der Waals surface area contributed by atoms with Crippen LogP contribution in [0.25, 0.3) is 11.4 Å². The molecule has 1 atom stereocenters. The number of nitrogens with one attached hydrogen (secondary N) is 2. The summed E-state index contributed by atoms with van der Waals surface area (Å²) in [6.07, 6.45) is 5.06. The van der Waals surface area contributed by atoms with Crippen molar-refractivity contribution in [1.29, 1.82) is 0 Å². The third-order valence-electron chi connectivity index (χ3n) is 7.62. The number of anilines is 1. The van der Waals surface area contributed by atoms with Crippen LogP contribution in [0.1, 0.15) is 46.9 Å². The lowest BCUT2D eigenvalue weighted by molar-refractivity contribution is 0.0969. The number of ether oxygens (including phenoxy) is 1. The molecule has 2 aromatic heterocycles. The predicted octanol–water partition coefficient (Wildman–Crippen LogP) is 4.93. The summed E-state index contributed by atoms with van der Waals surface area (Å²) in [4.78, 5) is 24.4. The topological polar surface area (TPSA) is 96.0 Å². The van der Waals surface area contributed by atoms with Crippen LogP contribution in [-0.4, -0.2) is 57.6 Å². The minimum atomic E-state index is -0.695. The van der Waals surface area contributed by atoms with Crippen LogP contribution >= 0.6 is 0 Å². The van der Waals surface area contributed by atoms with E-state index in [9.17, 15) is 13.6 Å². The summed E-state index contributed by atoms with van der Waals surface area (Å²) >= 11 is 0. The van der Waals surface area contributed by atoms with Gasteiger partial charge in [-0.1, -0.05) is 12.1 Å². The highest BCUT2D eigenvalue weighted by Gasteiger charge is 2.39. The number of fused-ring (bicyclic) bond motifs is 1. The molecule has 4 aromatic rings. The van der Waals surface area contributed by atoms with Crippen LogP contribution < -0.4 is 10.1 Å². The van der Waals surface area contributed by atoms with Crippen LogP contribution in [0.2, 0.25) is 0 Å². The Morgan fingerprint density at radius 1 is 1.15 bits per heavy atom. The van der Waals surface area contributed by atoms with E-state index in [0.717, 1.165) is 55.1 Å². The fourth-order valence-electron chi connectivity index (χ4n) is 5.43.